The molecule has 0 atom stereocenters. The van der Waals surface area contributed by atoms with Gasteiger partial charge < -0.3 is 11.1 Å². The third kappa shape index (κ3) is 2.17. The fourth-order valence-corrected chi connectivity index (χ4v) is 1.26. The Balaban J connectivity index is 2.01. The number of H-pyrrole nitrogens is 1. The lowest BCUT2D eigenvalue weighted by molar-refractivity contribution is 0.0951. The Morgan fingerprint density at radius 2 is 2.44 bits per heavy atom. The zero-order valence-electron chi connectivity index (χ0n) is 8.47. The highest BCUT2D eigenvalue weighted by molar-refractivity contribution is 5.98. The molecule has 2 heterocycles. The molecule has 2 aromatic rings. The molecule has 0 saturated carbocycles. The first kappa shape index (κ1) is 10.2. The van der Waals surface area contributed by atoms with Gasteiger partial charge in [0.25, 0.3) is 5.91 Å². The quantitative estimate of drug-likeness (QED) is 0.689. The van der Waals surface area contributed by atoms with Crippen molar-refractivity contribution >= 4 is 11.7 Å². The fourth-order valence-electron chi connectivity index (χ4n) is 1.26. The number of rotatable bonds is 3. The predicted molar refractivity (Wildman–Crippen MR) is 58.4 cm³/mol. The van der Waals surface area contributed by atoms with Crippen LogP contribution in [0.2, 0.25) is 0 Å². The molecular formula is C10H11N5O. The Kier molecular flexibility index (Phi) is 2.81. The number of hydrogen-bond donors (Lipinski definition) is 3. The number of aromatic amines is 1. The molecule has 0 spiro atoms. The van der Waals surface area contributed by atoms with Crippen molar-refractivity contribution in [1.29, 1.82) is 0 Å². The minimum Gasteiger partial charge on any atom is -0.383 e. The second-order valence-corrected chi connectivity index (χ2v) is 3.23. The first-order valence-electron chi connectivity index (χ1n) is 4.73. The molecule has 0 bridgehead atoms. The van der Waals surface area contributed by atoms with Gasteiger partial charge in [0, 0.05) is 24.5 Å². The summed E-state index contributed by atoms with van der Waals surface area (Å²) < 4.78 is 0. The van der Waals surface area contributed by atoms with Gasteiger partial charge in [-0.05, 0) is 12.1 Å². The summed E-state index contributed by atoms with van der Waals surface area (Å²) in [6.45, 7) is 0.406. The number of amides is 1. The molecule has 0 aromatic carbocycles. The number of nitrogens with one attached hydrogen (secondary N) is 2. The van der Waals surface area contributed by atoms with Crippen LogP contribution in [0.15, 0.2) is 30.7 Å². The number of nitrogen functional groups attached to an aromatic ring is 1. The van der Waals surface area contributed by atoms with Gasteiger partial charge in [-0.25, -0.2) is 4.98 Å². The van der Waals surface area contributed by atoms with E-state index in [1.54, 1.807) is 30.7 Å². The van der Waals surface area contributed by atoms with E-state index in [2.05, 4.69) is 20.5 Å². The molecule has 0 unspecified atom stereocenters. The van der Waals surface area contributed by atoms with E-state index >= 15 is 0 Å². The first-order chi connectivity index (χ1) is 7.77. The Morgan fingerprint density at radius 3 is 3.12 bits per heavy atom. The number of nitrogens with two attached hydrogens (primary N) is 1. The van der Waals surface area contributed by atoms with Crippen LogP contribution < -0.4 is 11.1 Å². The second-order valence-electron chi connectivity index (χ2n) is 3.23. The van der Waals surface area contributed by atoms with Gasteiger partial charge in [-0.2, -0.15) is 5.10 Å². The smallest absolute Gasteiger partial charge is 0.255 e. The normalized spacial score (nSPS) is 10.0. The summed E-state index contributed by atoms with van der Waals surface area (Å²) in [4.78, 5) is 15.5. The number of hydrogen-bond acceptors (Lipinski definition) is 4. The summed E-state index contributed by atoms with van der Waals surface area (Å²) in [7, 11) is 0. The van der Waals surface area contributed by atoms with Gasteiger partial charge in [0.1, 0.15) is 5.82 Å². The molecule has 0 fully saturated rings. The van der Waals surface area contributed by atoms with E-state index in [4.69, 9.17) is 5.73 Å². The molecule has 0 radical (unpaired) electrons. The van der Waals surface area contributed by atoms with Crippen molar-refractivity contribution in [1.82, 2.24) is 20.5 Å². The van der Waals surface area contributed by atoms with Gasteiger partial charge in [0.05, 0.1) is 11.8 Å². The van der Waals surface area contributed by atoms with Crippen LogP contribution in [0.4, 0.5) is 5.82 Å². The van der Waals surface area contributed by atoms with E-state index in [1.165, 1.54) is 0 Å². The lowest BCUT2D eigenvalue weighted by Gasteiger charge is -2.04. The van der Waals surface area contributed by atoms with Gasteiger partial charge in [-0.1, -0.05) is 0 Å². The number of pyridine rings is 1. The lowest BCUT2D eigenvalue weighted by Crippen LogP contribution is -2.23. The monoisotopic (exact) mass is 217 g/mol. The van der Waals surface area contributed by atoms with Crippen LogP contribution in [0.1, 0.15) is 15.9 Å². The number of anilines is 1. The van der Waals surface area contributed by atoms with Gasteiger partial charge in [-0.15, -0.1) is 0 Å². The molecule has 4 N–H and O–H groups in total. The largest absolute Gasteiger partial charge is 0.383 e. The third-order valence-electron chi connectivity index (χ3n) is 2.09. The van der Waals surface area contributed by atoms with Crippen LogP contribution >= 0.6 is 0 Å². The molecule has 2 rings (SSSR count). The van der Waals surface area contributed by atoms with E-state index in [9.17, 15) is 4.79 Å². The molecule has 0 saturated heterocycles. The molecule has 82 valence electrons. The van der Waals surface area contributed by atoms with E-state index in [0.29, 0.717) is 12.1 Å². The minimum absolute atomic E-state index is 0.229. The zero-order chi connectivity index (χ0) is 11.4. The summed E-state index contributed by atoms with van der Waals surface area (Å²) in [5.41, 5.74) is 6.86. The molecule has 0 aliphatic heterocycles. The topological polar surface area (TPSA) is 96.7 Å². The standard InChI is InChI=1S/C10H11N5O/c11-9-8(2-1-3-12-9)10(16)13-4-7-5-14-15-6-7/h1-3,5-6H,4H2,(H2,11,12)(H,13,16)(H,14,15). The van der Waals surface area contributed by atoms with Crippen LogP contribution in [-0.2, 0) is 6.54 Å². The molecule has 6 heteroatoms. The maximum absolute atomic E-state index is 11.7. The van der Waals surface area contributed by atoms with Crippen molar-refractivity contribution in [3.05, 3.63) is 41.9 Å². The maximum Gasteiger partial charge on any atom is 0.255 e. The van der Waals surface area contributed by atoms with Crippen molar-refractivity contribution in [3.8, 4) is 0 Å². The SMILES string of the molecule is Nc1ncccc1C(=O)NCc1cn[nH]c1. The van der Waals surface area contributed by atoms with E-state index in [0.717, 1.165) is 5.56 Å². The Hall–Kier alpha value is -2.37. The minimum atomic E-state index is -0.244. The Morgan fingerprint density at radius 1 is 1.56 bits per heavy atom. The zero-order valence-corrected chi connectivity index (χ0v) is 8.47. The van der Waals surface area contributed by atoms with Gasteiger partial charge in [-0.3, -0.25) is 9.89 Å². The average molecular weight is 217 g/mol. The lowest BCUT2D eigenvalue weighted by atomic mass is 10.2. The molecule has 1 amide bonds. The average Bonchev–Trinajstić information content (AvgIpc) is 2.79. The summed E-state index contributed by atoms with van der Waals surface area (Å²) >= 11 is 0. The van der Waals surface area contributed by atoms with Crippen molar-refractivity contribution in [2.24, 2.45) is 0 Å². The maximum atomic E-state index is 11.7. The third-order valence-corrected chi connectivity index (χ3v) is 2.09. The van der Waals surface area contributed by atoms with E-state index in [-0.39, 0.29) is 11.7 Å². The van der Waals surface area contributed by atoms with Crippen molar-refractivity contribution in [2.45, 2.75) is 6.54 Å². The van der Waals surface area contributed by atoms with Gasteiger partial charge in [0.2, 0.25) is 0 Å². The Bertz CT molecular complexity index is 480. The molecule has 2 aromatic heterocycles. The summed E-state index contributed by atoms with van der Waals surface area (Å²) in [6, 6.07) is 3.30. The summed E-state index contributed by atoms with van der Waals surface area (Å²) in [5, 5.41) is 9.17. The number of aromatic nitrogens is 3. The van der Waals surface area contributed by atoms with Gasteiger partial charge >= 0.3 is 0 Å². The van der Waals surface area contributed by atoms with Crippen molar-refractivity contribution in [2.75, 3.05) is 5.73 Å². The molecular weight excluding hydrogens is 206 g/mol. The second kappa shape index (κ2) is 4.43. The molecule has 0 aliphatic rings. The summed E-state index contributed by atoms with van der Waals surface area (Å²) in [6.07, 6.45) is 4.90. The molecule has 6 nitrogen and oxygen atoms in total. The van der Waals surface area contributed by atoms with Crippen LogP contribution in [0.25, 0.3) is 0 Å². The predicted octanol–water partition coefficient (Wildman–Crippen LogP) is 0.317. The number of carbonyl (C=O) groups is 1. The van der Waals surface area contributed by atoms with Crippen LogP contribution in [0.5, 0.6) is 0 Å². The highest BCUT2D eigenvalue weighted by atomic mass is 16.1. The molecule has 16 heavy (non-hydrogen) atoms. The highest BCUT2D eigenvalue weighted by Crippen LogP contribution is 2.06. The van der Waals surface area contributed by atoms with Crippen molar-refractivity contribution in [3.63, 3.8) is 0 Å². The molecule has 0 aliphatic carbocycles. The van der Waals surface area contributed by atoms with Crippen LogP contribution in [0.3, 0.4) is 0 Å². The number of nitrogens with zero attached hydrogens (tertiary/aromatic N) is 2. The van der Waals surface area contributed by atoms with E-state index in [1.807, 2.05) is 0 Å². The first-order valence-corrected chi connectivity index (χ1v) is 4.73. The van der Waals surface area contributed by atoms with Crippen LogP contribution in [-0.4, -0.2) is 21.1 Å². The number of carbonyl (C=O) groups excluding carboxylic acids is 1. The van der Waals surface area contributed by atoms with E-state index < -0.39 is 0 Å². The van der Waals surface area contributed by atoms with Gasteiger partial charge in [0.15, 0.2) is 0 Å². The Labute approximate surface area is 91.9 Å². The fraction of sp³-hybridized carbons (Fsp3) is 0.100. The highest BCUT2D eigenvalue weighted by Gasteiger charge is 2.09. The summed E-state index contributed by atoms with van der Waals surface area (Å²) in [5.74, 6) is -0.0148. The van der Waals surface area contributed by atoms with Crippen LogP contribution in [0, 0.1) is 0 Å². The van der Waals surface area contributed by atoms with Crippen molar-refractivity contribution < 1.29 is 4.79 Å².